The Morgan fingerprint density at radius 3 is 2.15 bits per heavy atom. The Kier molecular flexibility index (Phi) is 6.29. The lowest BCUT2D eigenvalue weighted by atomic mass is 10.2. The van der Waals surface area contributed by atoms with Gasteiger partial charge < -0.3 is 4.84 Å². The molecule has 0 amide bonds. The highest BCUT2D eigenvalue weighted by molar-refractivity contribution is 8.03. The fraction of sp³-hybridized carbons (Fsp3) is 0.231. The third-order valence-corrected chi connectivity index (χ3v) is 4.73. The molecule has 1 heterocycles. The zero-order valence-corrected chi connectivity index (χ0v) is 16.5. The molecule has 0 aliphatic carbocycles. The molecule has 0 N–H and O–H groups in total. The Morgan fingerprint density at radius 1 is 1.19 bits per heavy atom. The molecule has 0 aliphatic heterocycles. The van der Waals surface area contributed by atoms with Crippen LogP contribution < -0.4 is 0 Å². The molecule has 1 aromatic carbocycles. The molecule has 0 bridgehead atoms. The van der Waals surface area contributed by atoms with Crippen molar-refractivity contribution in [3.63, 3.8) is 0 Å². The Hall–Kier alpha value is -0.870. The van der Waals surface area contributed by atoms with Crippen molar-refractivity contribution in [1.82, 2.24) is 9.78 Å². The highest BCUT2D eigenvalue weighted by Gasteiger charge is 2.37. The third-order valence-electron chi connectivity index (χ3n) is 2.95. The number of thioether (sulfide) groups is 1. The summed E-state index contributed by atoms with van der Waals surface area (Å²) in [4.78, 5) is 5.01. The number of rotatable bonds is 5. The molecule has 4 nitrogen and oxygen atoms in total. The number of aromatic nitrogens is 2. The van der Waals surface area contributed by atoms with E-state index < -0.39 is 15.7 Å². The van der Waals surface area contributed by atoms with Crippen LogP contribution in [-0.2, 0) is 11.0 Å². The highest BCUT2D eigenvalue weighted by Crippen LogP contribution is 2.46. The van der Waals surface area contributed by atoms with Crippen LogP contribution >= 0.6 is 58.2 Å². The van der Waals surface area contributed by atoms with Gasteiger partial charge in [-0.25, -0.2) is 0 Å². The average Bonchev–Trinajstić information content (AvgIpc) is 2.86. The maximum Gasteiger partial charge on any atom is 0.416 e. The number of halogens is 8. The zero-order valence-electron chi connectivity index (χ0n) is 12.6. The minimum atomic E-state index is -4.64. The van der Waals surface area contributed by atoms with E-state index in [0.717, 1.165) is 15.6 Å². The Morgan fingerprint density at radius 2 is 1.73 bits per heavy atom. The van der Waals surface area contributed by atoms with Crippen LogP contribution in [0.15, 0.2) is 23.2 Å². The molecule has 0 spiro atoms. The lowest BCUT2D eigenvalue weighted by Crippen LogP contribution is -2.11. The Balaban J connectivity index is 2.68. The van der Waals surface area contributed by atoms with E-state index in [-0.39, 0.29) is 26.4 Å². The summed E-state index contributed by atoms with van der Waals surface area (Å²) in [5, 5.41) is 3.26. The van der Waals surface area contributed by atoms with Gasteiger partial charge in [-0.3, -0.25) is 0 Å². The molecule has 0 unspecified atom stereocenters. The highest BCUT2D eigenvalue weighted by atomic mass is 35.5. The molecular weight excluding hydrogens is 464 g/mol. The van der Waals surface area contributed by atoms with Gasteiger partial charge in [0.05, 0.1) is 21.8 Å². The topological polar surface area (TPSA) is 30.1 Å². The minimum absolute atomic E-state index is 0.00983. The summed E-state index contributed by atoms with van der Waals surface area (Å²) in [7, 11) is 1.25. The van der Waals surface area contributed by atoms with Gasteiger partial charge in [0.1, 0.15) is 18.7 Å². The standard InChI is InChI=1S/C13H8Cl4F4N3OS/c1-23(25-2)11-9(26-13(16,17)21)5-22-24(11)10-7(14)3-6(4-8(10)15)12(18,19)20/h3-5H,1H2,2H3/q+1. The van der Waals surface area contributed by atoms with Crippen LogP contribution in [0.3, 0.4) is 0 Å². The predicted molar refractivity (Wildman–Crippen MR) is 94.0 cm³/mol. The fourth-order valence-corrected chi connectivity index (χ4v) is 3.71. The molecule has 0 atom stereocenters. The van der Waals surface area contributed by atoms with Crippen molar-refractivity contribution in [3.8, 4) is 5.69 Å². The maximum atomic E-state index is 13.6. The predicted octanol–water partition coefficient (Wildman–Crippen LogP) is 6.25. The number of hydrogen-bond donors (Lipinski definition) is 0. The van der Waals surface area contributed by atoms with Crippen LogP contribution in [-0.4, -0.2) is 32.3 Å². The maximum absolute atomic E-state index is 13.6. The van der Waals surface area contributed by atoms with E-state index in [4.69, 9.17) is 51.2 Å². The van der Waals surface area contributed by atoms with Gasteiger partial charge in [-0.2, -0.15) is 17.6 Å². The third kappa shape index (κ3) is 4.69. The summed E-state index contributed by atoms with van der Waals surface area (Å²) in [5.41, 5.74) is -1.13. The van der Waals surface area contributed by atoms with Crippen LogP contribution in [0.2, 0.25) is 10.0 Å². The number of nitrogens with zero attached hydrogens (tertiary/aromatic N) is 3. The average molecular weight is 472 g/mol. The molecule has 26 heavy (non-hydrogen) atoms. The van der Waals surface area contributed by atoms with Crippen molar-refractivity contribution in [3.05, 3.63) is 33.9 Å². The van der Waals surface area contributed by atoms with Crippen molar-refractivity contribution < 1.29 is 27.1 Å². The molecule has 0 radical (unpaired) electrons. The minimum Gasteiger partial charge on any atom is -0.339 e. The van der Waals surface area contributed by atoms with Crippen molar-refractivity contribution in [1.29, 1.82) is 0 Å². The smallest absolute Gasteiger partial charge is 0.339 e. The second-order valence-corrected chi connectivity index (χ2v) is 8.34. The van der Waals surface area contributed by atoms with Crippen LogP contribution in [0.4, 0.5) is 23.4 Å². The summed E-state index contributed by atoms with van der Waals surface area (Å²) < 4.78 is 51.5. The molecule has 142 valence electrons. The lowest BCUT2D eigenvalue weighted by Gasteiger charge is -2.11. The van der Waals surface area contributed by atoms with E-state index in [1.54, 1.807) is 0 Å². The van der Waals surface area contributed by atoms with Gasteiger partial charge in [0, 0.05) is 0 Å². The molecular formula is C13H8Cl4F4N3OS+. The molecule has 0 fully saturated rings. The quantitative estimate of drug-likeness (QED) is 0.129. The summed E-state index contributed by atoms with van der Waals surface area (Å²) in [6, 6.07) is 1.37. The van der Waals surface area contributed by atoms with Gasteiger partial charge in [-0.1, -0.05) is 60.9 Å². The van der Waals surface area contributed by atoms with Crippen molar-refractivity contribution >= 4 is 70.7 Å². The van der Waals surface area contributed by atoms with E-state index in [9.17, 15) is 17.6 Å². The van der Waals surface area contributed by atoms with E-state index in [1.165, 1.54) is 7.11 Å². The van der Waals surface area contributed by atoms with Gasteiger partial charge in [0.25, 0.3) is 0 Å². The first-order valence-electron chi connectivity index (χ1n) is 6.40. The second kappa shape index (κ2) is 7.63. The monoisotopic (exact) mass is 470 g/mol. The van der Waals surface area contributed by atoms with E-state index >= 15 is 0 Å². The Labute approximate surface area is 169 Å². The summed E-state index contributed by atoms with van der Waals surface area (Å²) in [5.74, 6) is -0.00983. The SMILES string of the molecule is C=[N+](OC)c1c(SC(F)(Cl)Cl)cnn1-c1c(Cl)cc(C(F)(F)F)cc1Cl. The van der Waals surface area contributed by atoms with Crippen LogP contribution in [0.1, 0.15) is 5.56 Å². The number of benzene rings is 1. The molecule has 13 heteroatoms. The van der Waals surface area contributed by atoms with Gasteiger partial charge in [-0.05, 0) is 23.9 Å². The number of hydrogen-bond acceptors (Lipinski definition) is 3. The Bertz CT molecular complexity index is 828. The van der Waals surface area contributed by atoms with Crippen LogP contribution in [0, 0.1) is 0 Å². The van der Waals surface area contributed by atoms with Crippen molar-refractivity contribution in [2.24, 2.45) is 0 Å². The zero-order chi connectivity index (χ0) is 19.9. The second-order valence-electron chi connectivity index (χ2n) is 4.64. The molecule has 0 aliphatic rings. The largest absolute Gasteiger partial charge is 0.416 e. The summed E-state index contributed by atoms with van der Waals surface area (Å²) in [6.07, 6.45) is -3.49. The lowest BCUT2D eigenvalue weighted by molar-refractivity contribution is -0.718. The van der Waals surface area contributed by atoms with Crippen LogP contribution in [0.5, 0.6) is 0 Å². The first kappa shape index (κ1) is 21.4. The molecule has 2 aromatic rings. The molecule has 2 rings (SSSR count). The van der Waals surface area contributed by atoms with Gasteiger partial charge in [-0.15, -0.1) is 0 Å². The number of alkyl halides is 6. The van der Waals surface area contributed by atoms with Gasteiger partial charge in [0.2, 0.25) is 0 Å². The summed E-state index contributed by atoms with van der Waals surface area (Å²) >= 11 is 23.0. The van der Waals surface area contributed by atoms with Gasteiger partial charge in [0.15, 0.2) is 5.69 Å². The van der Waals surface area contributed by atoms with E-state index in [2.05, 4.69) is 11.8 Å². The fourth-order valence-electron chi connectivity index (χ4n) is 1.93. The van der Waals surface area contributed by atoms with Crippen molar-refractivity contribution in [2.45, 2.75) is 15.0 Å². The van der Waals surface area contributed by atoms with Gasteiger partial charge >= 0.3 is 15.9 Å². The first-order valence-corrected chi connectivity index (χ1v) is 8.73. The normalized spacial score (nSPS) is 12.3. The molecule has 1 aromatic heterocycles. The molecule has 0 saturated carbocycles. The summed E-state index contributed by atoms with van der Waals surface area (Å²) in [6.45, 7) is 3.55. The first-order chi connectivity index (χ1) is 11.8. The van der Waals surface area contributed by atoms with E-state index in [0.29, 0.717) is 23.9 Å². The van der Waals surface area contributed by atoms with Crippen molar-refractivity contribution in [2.75, 3.05) is 7.11 Å². The molecule has 0 saturated heterocycles. The van der Waals surface area contributed by atoms with Crippen LogP contribution in [0.25, 0.3) is 5.69 Å². The van der Waals surface area contributed by atoms with E-state index in [1.807, 2.05) is 0 Å².